The molecule has 2 aromatic carbocycles. The summed E-state index contributed by atoms with van der Waals surface area (Å²) in [5, 5.41) is 5.01. The summed E-state index contributed by atoms with van der Waals surface area (Å²) in [6, 6.07) is 9.43. The Morgan fingerprint density at radius 2 is 2.05 bits per heavy atom. The lowest BCUT2D eigenvalue weighted by molar-refractivity contribution is -0.154. The van der Waals surface area contributed by atoms with Gasteiger partial charge in [0.2, 0.25) is 0 Å². The summed E-state index contributed by atoms with van der Waals surface area (Å²) in [5.74, 6) is -0.633. The number of amides is 1. The van der Waals surface area contributed by atoms with Crippen LogP contribution in [0.3, 0.4) is 0 Å². The van der Waals surface area contributed by atoms with Gasteiger partial charge in [0.15, 0.2) is 5.82 Å². The molecule has 0 spiro atoms. The van der Waals surface area contributed by atoms with Crippen LogP contribution in [0.25, 0.3) is 16.6 Å². The molecular formula is C27H25ClF2N4O3. The van der Waals surface area contributed by atoms with E-state index in [0.29, 0.717) is 46.9 Å². The predicted octanol–water partition coefficient (Wildman–Crippen LogP) is 5.55. The number of hydrogen-bond acceptors (Lipinski definition) is 5. The lowest BCUT2D eigenvalue weighted by Crippen LogP contribution is -2.47. The molecule has 0 N–H and O–H groups in total. The van der Waals surface area contributed by atoms with Crippen molar-refractivity contribution in [2.24, 2.45) is 0 Å². The molecule has 1 amide bonds. The summed E-state index contributed by atoms with van der Waals surface area (Å²) >= 11 is 6.49. The van der Waals surface area contributed by atoms with E-state index in [4.69, 9.17) is 21.1 Å². The van der Waals surface area contributed by atoms with E-state index in [2.05, 4.69) is 10.1 Å². The molecule has 1 aliphatic heterocycles. The van der Waals surface area contributed by atoms with Crippen LogP contribution in [-0.2, 0) is 16.1 Å². The standard InChI is InChI=1S/C27H25ClF2N4O3/c1-15-9-24(34-13-19(30)12-31-34)20-5-4-6-25(26(20)32-15)37-14-22-21(10-18(29)11-23(22)28)16(2)33-7-8-36-17(3)27(33)35/h4-6,9-13,16-17H,7-8,14H2,1-3H3/t16-,17?/m0/s1. The van der Waals surface area contributed by atoms with Crippen molar-refractivity contribution in [3.8, 4) is 11.4 Å². The fraction of sp³-hybridized carbons (Fsp3) is 0.296. The molecule has 1 fully saturated rings. The topological polar surface area (TPSA) is 69.5 Å². The number of carbonyl (C=O) groups is 1. The molecule has 0 aliphatic carbocycles. The Balaban J connectivity index is 1.50. The highest BCUT2D eigenvalue weighted by molar-refractivity contribution is 6.31. The first-order valence-electron chi connectivity index (χ1n) is 11.9. The number of morpholine rings is 1. The molecule has 5 rings (SSSR count). The maximum atomic E-state index is 14.4. The van der Waals surface area contributed by atoms with E-state index in [1.807, 2.05) is 32.0 Å². The zero-order valence-corrected chi connectivity index (χ0v) is 21.3. The summed E-state index contributed by atoms with van der Waals surface area (Å²) in [6.45, 7) is 6.18. The zero-order valence-electron chi connectivity index (χ0n) is 20.5. The van der Waals surface area contributed by atoms with Gasteiger partial charge in [0.05, 0.1) is 35.8 Å². The number of para-hydroxylation sites is 1. The van der Waals surface area contributed by atoms with E-state index in [-0.39, 0.29) is 17.5 Å². The third-order valence-corrected chi connectivity index (χ3v) is 6.86. The SMILES string of the molecule is Cc1cc(-n2cc(F)cn2)c2cccc(OCc3c(Cl)cc(F)cc3[C@H](C)N3CCOC(C)C3=O)c2n1. The van der Waals surface area contributed by atoms with E-state index in [9.17, 15) is 13.6 Å². The molecule has 2 atom stereocenters. The Morgan fingerprint density at radius 3 is 2.81 bits per heavy atom. The molecule has 1 unspecified atom stereocenters. The number of aromatic nitrogens is 3. The van der Waals surface area contributed by atoms with Gasteiger partial charge in [-0.1, -0.05) is 23.7 Å². The first-order chi connectivity index (χ1) is 17.7. The van der Waals surface area contributed by atoms with Crippen LogP contribution in [0, 0.1) is 18.6 Å². The van der Waals surface area contributed by atoms with Gasteiger partial charge >= 0.3 is 0 Å². The van der Waals surface area contributed by atoms with Crippen molar-refractivity contribution in [2.75, 3.05) is 13.2 Å². The Bertz CT molecular complexity index is 1490. The van der Waals surface area contributed by atoms with E-state index < -0.39 is 23.8 Å². The number of fused-ring (bicyclic) bond motifs is 1. The summed E-state index contributed by atoms with van der Waals surface area (Å²) < 4.78 is 41.2. The molecule has 10 heteroatoms. The van der Waals surface area contributed by atoms with Crippen molar-refractivity contribution in [1.29, 1.82) is 0 Å². The normalized spacial score (nSPS) is 16.9. The second-order valence-corrected chi connectivity index (χ2v) is 9.41. The number of hydrogen-bond donors (Lipinski definition) is 0. The molecule has 0 bridgehead atoms. The fourth-order valence-electron chi connectivity index (χ4n) is 4.66. The van der Waals surface area contributed by atoms with Gasteiger partial charge in [-0.3, -0.25) is 4.79 Å². The van der Waals surface area contributed by atoms with Crippen molar-refractivity contribution in [2.45, 2.75) is 39.5 Å². The molecule has 37 heavy (non-hydrogen) atoms. The average molecular weight is 527 g/mol. The highest BCUT2D eigenvalue weighted by atomic mass is 35.5. The van der Waals surface area contributed by atoms with Crippen molar-refractivity contribution in [3.63, 3.8) is 0 Å². The molecule has 2 aromatic heterocycles. The van der Waals surface area contributed by atoms with Crippen LogP contribution < -0.4 is 4.74 Å². The molecule has 0 radical (unpaired) electrons. The third kappa shape index (κ3) is 4.89. The minimum Gasteiger partial charge on any atom is -0.487 e. The summed E-state index contributed by atoms with van der Waals surface area (Å²) in [4.78, 5) is 19.0. The van der Waals surface area contributed by atoms with Crippen LogP contribution in [0.2, 0.25) is 5.02 Å². The van der Waals surface area contributed by atoms with Gasteiger partial charge in [-0.15, -0.1) is 0 Å². The number of halogens is 3. The number of aryl methyl sites for hydroxylation is 1. The van der Waals surface area contributed by atoms with Crippen LogP contribution >= 0.6 is 11.6 Å². The van der Waals surface area contributed by atoms with Crippen LogP contribution in [0.4, 0.5) is 8.78 Å². The minimum atomic E-state index is -0.567. The van der Waals surface area contributed by atoms with Crippen molar-refractivity contribution < 1.29 is 23.0 Å². The maximum Gasteiger partial charge on any atom is 0.251 e. The van der Waals surface area contributed by atoms with E-state index in [1.165, 1.54) is 23.0 Å². The molecule has 1 aliphatic rings. The van der Waals surface area contributed by atoms with E-state index in [1.54, 1.807) is 17.9 Å². The number of ether oxygens (including phenoxy) is 2. The third-order valence-electron chi connectivity index (χ3n) is 6.52. The highest BCUT2D eigenvalue weighted by Crippen LogP contribution is 2.34. The number of pyridine rings is 1. The van der Waals surface area contributed by atoms with Gasteiger partial charge < -0.3 is 14.4 Å². The quantitative estimate of drug-likeness (QED) is 0.329. The Morgan fingerprint density at radius 1 is 1.24 bits per heavy atom. The van der Waals surface area contributed by atoms with Gasteiger partial charge in [-0.2, -0.15) is 5.10 Å². The molecule has 3 heterocycles. The van der Waals surface area contributed by atoms with Gasteiger partial charge in [-0.25, -0.2) is 18.4 Å². The van der Waals surface area contributed by atoms with Gasteiger partial charge in [-0.05, 0) is 50.6 Å². The molecule has 7 nitrogen and oxygen atoms in total. The molecule has 192 valence electrons. The average Bonchev–Trinajstić information content (AvgIpc) is 3.30. The van der Waals surface area contributed by atoms with Gasteiger partial charge in [0.25, 0.3) is 5.91 Å². The number of rotatable bonds is 6. The van der Waals surface area contributed by atoms with Crippen LogP contribution in [0.5, 0.6) is 5.75 Å². The van der Waals surface area contributed by atoms with E-state index in [0.717, 1.165) is 11.6 Å². The minimum absolute atomic E-state index is 0.0212. The van der Waals surface area contributed by atoms with Crippen LogP contribution in [0.15, 0.2) is 48.8 Å². The summed E-state index contributed by atoms with van der Waals surface area (Å²) in [7, 11) is 0. The lowest BCUT2D eigenvalue weighted by Gasteiger charge is -2.36. The van der Waals surface area contributed by atoms with Gasteiger partial charge in [0, 0.05) is 23.2 Å². The summed E-state index contributed by atoms with van der Waals surface area (Å²) in [5.41, 5.74) is 3.05. The summed E-state index contributed by atoms with van der Waals surface area (Å²) in [6.07, 6.45) is 1.87. The zero-order chi connectivity index (χ0) is 26.3. The Labute approximate surface area is 217 Å². The van der Waals surface area contributed by atoms with Gasteiger partial charge in [0.1, 0.15) is 29.8 Å². The van der Waals surface area contributed by atoms with Crippen LogP contribution in [0.1, 0.15) is 36.7 Å². The monoisotopic (exact) mass is 526 g/mol. The fourth-order valence-corrected chi connectivity index (χ4v) is 4.93. The van der Waals surface area contributed by atoms with E-state index >= 15 is 0 Å². The predicted molar refractivity (Wildman–Crippen MR) is 135 cm³/mol. The Kier molecular flexibility index (Phi) is 6.83. The Hall–Kier alpha value is -3.56. The molecule has 4 aromatic rings. The van der Waals surface area contributed by atoms with Crippen molar-refractivity contribution in [1.82, 2.24) is 19.7 Å². The van der Waals surface area contributed by atoms with Crippen LogP contribution in [-0.4, -0.2) is 44.8 Å². The number of benzene rings is 2. The highest BCUT2D eigenvalue weighted by Gasteiger charge is 2.31. The first-order valence-corrected chi connectivity index (χ1v) is 12.2. The molecule has 1 saturated heterocycles. The number of carbonyl (C=O) groups excluding carboxylic acids is 1. The largest absolute Gasteiger partial charge is 0.487 e. The molecular weight excluding hydrogens is 502 g/mol. The maximum absolute atomic E-state index is 14.4. The first kappa shape index (κ1) is 25.1. The van der Waals surface area contributed by atoms with Crippen molar-refractivity contribution in [3.05, 3.63) is 82.3 Å². The second kappa shape index (κ2) is 10.1. The van der Waals surface area contributed by atoms with Crippen molar-refractivity contribution >= 4 is 28.4 Å². The number of nitrogens with zero attached hydrogens (tertiary/aromatic N) is 4. The smallest absolute Gasteiger partial charge is 0.251 e. The molecule has 0 saturated carbocycles. The second-order valence-electron chi connectivity index (χ2n) is 9.00. The lowest BCUT2D eigenvalue weighted by atomic mass is 9.99.